The molecule has 0 amide bonds. The normalized spacial score (nSPS) is 12.4. The first kappa shape index (κ1) is 10.5. The molecular weight excluding hydrogens is 182 g/mol. The number of hydrogen-bond acceptors (Lipinski definition) is 3. The molecule has 0 aromatic heterocycles. The highest BCUT2D eigenvalue weighted by Crippen LogP contribution is 2.25. The van der Waals surface area contributed by atoms with Crippen molar-refractivity contribution < 1.29 is 15.0 Å². The molecule has 76 valence electrons. The molecule has 0 saturated heterocycles. The van der Waals surface area contributed by atoms with E-state index in [0.29, 0.717) is 17.5 Å². The van der Waals surface area contributed by atoms with Crippen molar-refractivity contribution in [3.8, 4) is 5.75 Å². The van der Waals surface area contributed by atoms with Crippen LogP contribution in [-0.2, 0) is 11.2 Å². The first-order valence-corrected chi connectivity index (χ1v) is 4.37. The number of phenolic OH excluding ortho intramolecular Hbond substituents is 1. The molecule has 1 atom stereocenters. The van der Waals surface area contributed by atoms with Gasteiger partial charge in [-0.05, 0) is 23.6 Å². The number of carboxylic acid groups (broad SMARTS) is 1. The van der Waals surface area contributed by atoms with Crippen molar-refractivity contribution in [3.05, 3.63) is 29.3 Å². The zero-order chi connectivity index (χ0) is 10.7. The van der Waals surface area contributed by atoms with Gasteiger partial charge < -0.3 is 15.9 Å². The lowest BCUT2D eigenvalue weighted by molar-refractivity contribution is -0.138. The van der Waals surface area contributed by atoms with E-state index in [0.717, 1.165) is 0 Å². The number of aromatic hydroxyl groups is 1. The van der Waals surface area contributed by atoms with Gasteiger partial charge in [-0.15, -0.1) is 0 Å². The first-order valence-electron chi connectivity index (χ1n) is 4.37. The summed E-state index contributed by atoms with van der Waals surface area (Å²) in [6.45, 7) is 1.84. The largest absolute Gasteiger partial charge is 0.508 e. The van der Waals surface area contributed by atoms with Gasteiger partial charge in [0, 0.05) is 0 Å². The summed E-state index contributed by atoms with van der Waals surface area (Å²) in [5.41, 5.74) is 6.54. The summed E-state index contributed by atoms with van der Waals surface area (Å²) in [7, 11) is 0. The van der Waals surface area contributed by atoms with Crippen LogP contribution in [0.4, 0.5) is 0 Å². The molecule has 4 N–H and O–H groups in total. The van der Waals surface area contributed by atoms with Crippen LogP contribution in [0.3, 0.4) is 0 Å². The Labute approximate surface area is 82.0 Å². The third kappa shape index (κ3) is 1.85. The van der Waals surface area contributed by atoms with Crippen molar-refractivity contribution in [3.63, 3.8) is 0 Å². The van der Waals surface area contributed by atoms with Gasteiger partial charge in [-0.2, -0.15) is 0 Å². The number of benzene rings is 1. The first-order chi connectivity index (χ1) is 6.57. The van der Waals surface area contributed by atoms with Gasteiger partial charge in [-0.1, -0.05) is 19.1 Å². The molecule has 0 spiro atoms. The summed E-state index contributed by atoms with van der Waals surface area (Å²) >= 11 is 0. The molecule has 4 nitrogen and oxygen atoms in total. The van der Waals surface area contributed by atoms with Gasteiger partial charge in [0.25, 0.3) is 0 Å². The molecule has 1 aromatic rings. The van der Waals surface area contributed by atoms with E-state index in [2.05, 4.69) is 0 Å². The highest BCUT2D eigenvalue weighted by Gasteiger charge is 2.18. The van der Waals surface area contributed by atoms with Crippen LogP contribution in [0.25, 0.3) is 0 Å². The van der Waals surface area contributed by atoms with Crippen LogP contribution in [0.1, 0.15) is 24.1 Å². The third-order valence-electron chi connectivity index (χ3n) is 2.14. The molecule has 0 fully saturated rings. The lowest BCUT2D eigenvalue weighted by Crippen LogP contribution is -2.21. The minimum atomic E-state index is -1.09. The Morgan fingerprint density at radius 1 is 1.57 bits per heavy atom. The van der Waals surface area contributed by atoms with Crippen molar-refractivity contribution in [2.24, 2.45) is 5.73 Å². The van der Waals surface area contributed by atoms with Crippen molar-refractivity contribution in [2.75, 3.05) is 0 Å². The second-order valence-corrected chi connectivity index (χ2v) is 3.01. The average Bonchev–Trinajstić information content (AvgIpc) is 2.16. The Morgan fingerprint density at radius 2 is 2.21 bits per heavy atom. The lowest BCUT2D eigenvalue weighted by Gasteiger charge is -2.12. The highest BCUT2D eigenvalue weighted by molar-refractivity contribution is 5.76. The Morgan fingerprint density at radius 3 is 2.71 bits per heavy atom. The summed E-state index contributed by atoms with van der Waals surface area (Å²) in [4.78, 5) is 10.7. The smallest absolute Gasteiger partial charge is 0.325 e. The molecule has 0 aliphatic rings. The van der Waals surface area contributed by atoms with Crippen molar-refractivity contribution in [1.82, 2.24) is 0 Å². The Bertz CT molecular complexity index is 349. The number of carbonyl (C=O) groups is 1. The predicted octanol–water partition coefficient (Wildman–Crippen LogP) is 1.04. The number of carboxylic acids is 1. The average molecular weight is 195 g/mol. The molecule has 0 radical (unpaired) electrons. The third-order valence-corrected chi connectivity index (χ3v) is 2.14. The molecule has 0 unspecified atom stereocenters. The number of rotatable bonds is 3. The quantitative estimate of drug-likeness (QED) is 0.672. The minimum Gasteiger partial charge on any atom is -0.508 e. The second kappa shape index (κ2) is 4.11. The molecule has 4 heteroatoms. The Hall–Kier alpha value is -1.55. The fraction of sp³-hybridized carbons (Fsp3) is 0.300. The van der Waals surface area contributed by atoms with Gasteiger partial charge in [0.05, 0.1) is 0 Å². The van der Waals surface area contributed by atoms with Crippen molar-refractivity contribution in [2.45, 2.75) is 19.4 Å². The summed E-state index contributed by atoms with van der Waals surface area (Å²) < 4.78 is 0. The monoisotopic (exact) mass is 195 g/mol. The molecule has 14 heavy (non-hydrogen) atoms. The molecule has 0 aliphatic carbocycles. The van der Waals surface area contributed by atoms with Crippen LogP contribution in [-0.4, -0.2) is 16.2 Å². The van der Waals surface area contributed by atoms with Gasteiger partial charge in [-0.25, -0.2) is 0 Å². The molecule has 1 aromatic carbocycles. The van der Waals surface area contributed by atoms with Gasteiger partial charge in [0.15, 0.2) is 0 Å². The summed E-state index contributed by atoms with van der Waals surface area (Å²) in [5, 5.41) is 18.2. The summed E-state index contributed by atoms with van der Waals surface area (Å²) in [5.74, 6) is -0.994. The second-order valence-electron chi connectivity index (χ2n) is 3.01. The SMILES string of the molecule is CCc1c(O)cccc1[C@@H](N)C(=O)O. The van der Waals surface area contributed by atoms with E-state index in [4.69, 9.17) is 10.8 Å². The van der Waals surface area contributed by atoms with E-state index >= 15 is 0 Å². The fourth-order valence-corrected chi connectivity index (χ4v) is 1.40. The predicted molar refractivity (Wildman–Crippen MR) is 52.0 cm³/mol. The van der Waals surface area contributed by atoms with Crippen molar-refractivity contribution >= 4 is 5.97 Å². The van der Waals surface area contributed by atoms with E-state index in [1.165, 1.54) is 6.07 Å². The molecule has 0 saturated carbocycles. The maximum atomic E-state index is 10.7. The maximum Gasteiger partial charge on any atom is 0.325 e. The number of aliphatic carboxylic acids is 1. The maximum absolute atomic E-state index is 10.7. The van der Waals surface area contributed by atoms with Gasteiger partial charge >= 0.3 is 5.97 Å². The molecule has 1 rings (SSSR count). The molecule has 0 bridgehead atoms. The minimum absolute atomic E-state index is 0.0988. The van der Waals surface area contributed by atoms with E-state index in [9.17, 15) is 9.90 Å². The van der Waals surface area contributed by atoms with Gasteiger partial charge in [0.2, 0.25) is 0 Å². The highest BCUT2D eigenvalue weighted by atomic mass is 16.4. The van der Waals surface area contributed by atoms with Gasteiger partial charge in [-0.3, -0.25) is 4.79 Å². The van der Waals surface area contributed by atoms with Crippen molar-refractivity contribution in [1.29, 1.82) is 0 Å². The van der Waals surface area contributed by atoms with E-state index < -0.39 is 12.0 Å². The van der Waals surface area contributed by atoms with E-state index in [1.807, 2.05) is 6.92 Å². The van der Waals surface area contributed by atoms with Crippen LogP contribution in [0.5, 0.6) is 5.75 Å². The fourth-order valence-electron chi connectivity index (χ4n) is 1.40. The number of phenols is 1. The Kier molecular flexibility index (Phi) is 3.09. The Balaban J connectivity index is 3.20. The molecule has 0 aliphatic heterocycles. The van der Waals surface area contributed by atoms with Crippen LogP contribution in [0.2, 0.25) is 0 Å². The van der Waals surface area contributed by atoms with Crippen LogP contribution >= 0.6 is 0 Å². The molecular formula is C10H13NO3. The zero-order valence-corrected chi connectivity index (χ0v) is 7.90. The van der Waals surface area contributed by atoms with Gasteiger partial charge in [0.1, 0.15) is 11.8 Å². The summed E-state index contributed by atoms with van der Waals surface area (Å²) in [6.07, 6.45) is 0.559. The van der Waals surface area contributed by atoms with Crippen LogP contribution in [0, 0.1) is 0 Å². The molecule has 0 heterocycles. The topological polar surface area (TPSA) is 83.5 Å². The van der Waals surface area contributed by atoms with E-state index in [-0.39, 0.29) is 5.75 Å². The van der Waals surface area contributed by atoms with Crippen LogP contribution < -0.4 is 5.73 Å². The lowest BCUT2D eigenvalue weighted by atomic mass is 9.98. The standard InChI is InChI=1S/C10H13NO3/c1-2-6-7(9(11)10(13)14)4-3-5-8(6)12/h3-5,9,12H,2,11H2,1H3,(H,13,14)/t9-/m1/s1. The zero-order valence-electron chi connectivity index (χ0n) is 7.90. The van der Waals surface area contributed by atoms with E-state index in [1.54, 1.807) is 12.1 Å². The van der Waals surface area contributed by atoms with Crippen LogP contribution in [0.15, 0.2) is 18.2 Å². The summed E-state index contributed by atoms with van der Waals surface area (Å²) in [6, 6.07) is 3.66. The number of nitrogens with two attached hydrogens (primary N) is 1. The number of hydrogen-bond donors (Lipinski definition) is 3.